The Hall–Kier alpha value is -1.85. The summed E-state index contributed by atoms with van der Waals surface area (Å²) in [5.74, 6) is 1.58. The van der Waals surface area contributed by atoms with Crippen LogP contribution in [0.2, 0.25) is 0 Å². The van der Waals surface area contributed by atoms with Crippen LogP contribution in [0.3, 0.4) is 0 Å². The summed E-state index contributed by atoms with van der Waals surface area (Å²) in [5.41, 5.74) is 2.12. The Bertz CT molecular complexity index is 716. The molecule has 2 N–H and O–H groups in total. The minimum Gasteiger partial charge on any atom is -0.355 e. The largest absolute Gasteiger partial charge is 0.355 e. The highest BCUT2D eigenvalue weighted by Crippen LogP contribution is 2.21. The number of imidazole rings is 1. The van der Waals surface area contributed by atoms with Crippen molar-refractivity contribution in [2.24, 2.45) is 5.92 Å². The highest BCUT2D eigenvalue weighted by molar-refractivity contribution is 7.09. The number of H-pyrrole nitrogens is 1. The first kappa shape index (κ1) is 14.7. The number of likely N-dealkylation sites (tertiary alicyclic amines) is 1. The molecule has 1 fully saturated rings. The number of aromatic nitrogens is 2. The Kier molecular flexibility index (Phi) is 4.30. The Balaban J connectivity index is 1.33. The fourth-order valence-corrected chi connectivity index (χ4v) is 4.11. The minimum atomic E-state index is 0.692. The second kappa shape index (κ2) is 6.72. The van der Waals surface area contributed by atoms with Crippen molar-refractivity contribution in [3.05, 3.63) is 46.7 Å². The quantitative estimate of drug-likeness (QED) is 0.746. The maximum Gasteiger partial charge on any atom is 0.201 e. The van der Waals surface area contributed by atoms with Crippen molar-refractivity contribution in [3.8, 4) is 0 Å². The molecule has 1 aliphatic heterocycles. The van der Waals surface area contributed by atoms with Gasteiger partial charge in [0.1, 0.15) is 0 Å². The molecule has 23 heavy (non-hydrogen) atoms. The maximum atomic E-state index is 4.60. The summed E-state index contributed by atoms with van der Waals surface area (Å²) in [7, 11) is 0. The molecule has 0 aliphatic carbocycles. The first-order chi connectivity index (χ1) is 11.4. The Morgan fingerprint density at radius 3 is 3.09 bits per heavy atom. The monoisotopic (exact) mass is 326 g/mol. The number of thiophene rings is 1. The topological polar surface area (TPSA) is 44.0 Å². The molecular formula is C18H22N4S. The fourth-order valence-electron chi connectivity index (χ4n) is 3.36. The van der Waals surface area contributed by atoms with E-state index in [4.69, 9.17) is 0 Å². The van der Waals surface area contributed by atoms with Gasteiger partial charge in [0.25, 0.3) is 0 Å². The first-order valence-electron chi connectivity index (χ1n) is 8.30. The predicted molar refractivity (Wildman–Crippen MR) is 96.9 cm³/mol. The summed E-state index contributed by atoms with van der Waals surface area (Å²) in [5, 5.41) is 5.66. The standard InChI is InChI=1S/C18H22N4S/c1-2-8-17-16(7-1)20-18(21-17)19-11-14-5-3-9-22(12-14)13-15-6-4-10-23-15/h1-2,4,6-8,10,14H,3,5,9,11-13H2,(H2,19,20,21). The van der Waals surface area contributed by atoms with Crippen LogP contribution >= 0.6 is 11.3 Å². The molecule has 0 spiro atoms. The molecule has 4 nitrogen and oxygen atoms in total. The number of hydrogen-bond acceptors (Lipinski definition) is 4. The van der Waals surface area contributed by atoms with E-state index in [1.165, 1.54) is 30.8 Å². The number of piperidine rings is 1. The van der Waals surface area contributed by atoms with Crippen LogP contribution in [0.1, 0.15) is 17.7 Å². The Morgan fingerprint density at radius 1 is 1.26 bits per heavy atom. The van der Waals surface area contributed by atoms with Gasteiger partial charge in [0.15, 0.2) is 0 Å². The number of para-hydroxylation sites is 2. The van der Waals surface area contributed by atoms with Gasteiger partial charge in [-0.3, -0.25) is 4.90 Å². The van der Waals surface area contributed by atoms with Gasteiger partial charge in [-0.15, -0.1) is 11.3 Å². The number of anilines is 1. The average molecular weight is 326 g/mol. The molecule has 2 aromatic heterocycles. The van der Waals surface area contributed by atoms with E-state index in [0.717, 1.165) is 30.1 Å². The lowest BCUT2D eigenvalue weighted by molar-refractivity contribution is 0.174. The van der Waals surface area contributed by atoms with E-state index in [1.807, 2.05) is 29.5 Å². The van der Waals surface area contributed by atoms with E-state index in [9.17, 15) is 0 Å². The third kappa shape index (κ3) is 3.57. The van der Waals surface area contributed by atoms with Gasteiger partial charge in [-0.05, 0) is 48.9 Å². The lowest BCUT2D eigenvalue weighted by Crippen LogP contribution is -2.37. The molecule has 1 aromatic carbocycles. The van der Waals surface area contributed by atoms with Gasteiger partial charge in [-0.1, -0.05) is 18.2 Å². The van der Waals surface area contributed by atoms with E-state index >= 15 is 0 Å². The zero-order valence-corrected chi connectivity index (χ0v) is 14.0. The molecule has 120 valence electrons. The normalized spacial score (nSPS) is 19.2. The smallest absolute Gasteiger partial charge is 0.201 e. The number of nitrogens with one attached hydrogen (secondary N) is 2. The zero-order valence-electron chi connectivity index (χ0n) is 13.2. The van der Waals surface area contributed by atoms with Gasteiger partial charge in [0.2, 0.25) is 5.95 Å². The molecule has 1 atom stereocenters. The maximum absolute atomic E-state index is 4.60. The fraction of sp³-hybridized carbons (Fsp3) is 0.389. The lowest BCUT2D eigenvalue weighted by atomic mass is 9.98. The number of hydrogen-bond donors (Lipinski definition) is 2. The Morgan fingerprint density at radius 2 is 2.22 bits per heavy atom. The van der Waals surface area contributed by atoms with Crippen molar-refractivity contribution >= 4 is 28.3 Å². The summed E-state index contributed by atoms with van der Waals surface area (Å²) in [4.78, 5) is 12.0. The van der Waals surface area contributed by atoms with Crippen LogP contribution in [0.5, 0.6) is 0 Å². The third-order valence-corrected chi connectivity index (χ3v) is 5.37. The van der Waals surface area contributed by atoms with Crippen LogP contribution in [0.4, 0.5) is 5.95 Å². The second-order valence-corrected chi connectivity index (χ2v) is 7.34. The number of benzene rings is 1. The zero-order chi connectivity index (χ0) is 15.5. The number of aromatic amines is 1. The van der Waals surface area contributed by atoms with E-state index < -0.39 is 0 Å². The SMILES string of the molecule is c1csc(CN2CCCC(CNc3nc4ccccc4[nH]3)C2)c1. The van der Waals surface area contributed by atoms with Gasteiger partial charge in [-0.2, -0.15) is 0 Å². The number of nitrogens with zero attached hydrogens (tertiary/aromatic N) is 2. The van der Waals surface area contributed by atoms with Crippen LogP contribution in [0.15, 0.2) is 41.8 Å². The first-order valence-corrected chi connectivity index (χ1v) is 9.18. The summed E-state index contributed by atoms with van der Waals surface area (Å²) in [6.07, 6.45) is 2.59. The molecule has 1 saturated heterocycles. The highest BCUT2D eigenvalue weighted by atomic mass is 32.1. The van der Waals surface area contributed by atoms with Crippen LogP contribution in [-0.4, -0.2) is 34.5 Å². The molecule has 5 heteroatoms. The van der Waals surface area contributed by atoms with Crippen molar-refractivity contribution in [2.75, 3.05) is 25.0 Å². The van der Waals surface area contributed by atoms with Crippen molar-refractivity contribution in [2.45, 2.75) is 19.4 Å². The highest BCUT2D eigenvalue weighted by Gasteiger charge is 2.20. The van der Waals surface area contributed by atoms with E-state index in [2.05, 4.69) is 43.8 Å². The van der Waals surface area contributed by atoms with Crippen molar-refractivity contribution in [1.82, 2.24) is 14.9 Å². The minimum absolute atomic E-state index is 0.692. The summed E-state index contributed by atoms with van der Waals surface area (Å²) in [6.45, 7) is 4.48. The Labute approximate surface area is 140 Å². The summed E-state index contributed by atoms with van der Waals surface area (Å²) >= 11 is 1.86. The molecule has 0 radical (unpaired) electrons. The molecular weight excluding hydrogens is 304 g/mol. The molecule has 3 aromatic rings. The van der Waals surface area contributed by atoms with Crippen molar-refractivity contribution in [3.63, 3.8) is 0 Å². The second-order valence-electron chi connectivity index (χ2n) is 6.31. The van der Waals surface area contributed by atoms with Gasteiger partial charge in [0, 0.05) is 24.5 Å². The molecule has 0 amide bonds. The molecule has 4 rings (SSSR count). The average Bonchev–Trinajstić information content (AvgIpc) is 3.22. The third-order valence-electron chi connectivity index (χ3n) is 4.51. The van der Waals surface area contributed by atoms with Crippen LogP contribution in [-0.2, 0) is 6.54 Å². The van der Waals surface area contributed by atoms with Gasteiger partial charge < -0.3 is 10.3 Å². The van der Waals surface area contributed by atoms with Crippen LogP contribution < -0.4 is 5.32 Å². The molecule has 1 aliphatic rings. The van der Waals surface area contributed by atoms with Crippen molar-refractivity contribution < 1.29 is 0 Å². The number of rotatable bonds is 5. The lowest BCUT2D eigenvalue weighted by Gasteiger charge is -2.32. The predicted octanol–water partition coefficient (Wildman–Crippen LogP) is 3.95. The summed E-state index contributed by atoms with van der Waals surface area (Å²) in [6, 6.07) is 12.5. The van der Waals surface area contributed by atoms with E-state index in [0.29, 0.717) is 5.92 Å². The van der Waals surface area contributed by atoms with Crippen molar-refractivity contribution in [1.29, 1.82) is 0 Å². The van der Waals surface area contributed by atoms with Crippen LogP contribution in [0.25, 0.3) is 11.0 Å². The summed E-state index contributed by atoms with van der Waals surface area (Å²) < 4.78 is 0. The number of fused-ring (bicyclic) bond motifs is 1. The molecule has 0 bridgehead atoms. The molecule has 1 unspecified atom stereocenters. The van der Waals surface area contributed by atoms with Gasteiger partial charge >= 0.3 is 0 Å². The molecule has 0 saturated carbocycles. The van der Waals surface area contributed by atoms with Crippen LogP contribution in [0, 0.1) is 5.92 Å². The van der Waals surface area contributed by atoms with E-state index in [1.54, 1.807) is 0 Å². The van der Waals surface area contributed by atoms with E-state index in [-0.39, 0.29) is 0 Å². The van der Waals surface area contributed by atoms with Gasteiger partial charge in [0.05, 0.1) is 11.0 Å². The molecule has 3 heterocycles. The van der Waals surface area contributed by atoms with Gasteiger partial charge in [-0.25, -0.2) is 4.98 Å².